The van der Waals surface area contributed by atoms with E-state index in [2.05, 4.69) is 17.1 Å². The summed E-state index contributed by atoms with van der Waals surface area (Å²) in [6, 6.07) is 3.88. The number of rotatable bonds is 6. The van der Waals surface area contributed by atoms with Gasteiger partial charge in [-0.1, -0.05) is 18.7 Å². The molecule has 0 aliphatic rings. The van der Waals surface area contributed by atoms with Crippen molar-refractivity contribution in [1.82, 2.24) is 14.8 Å². The van der Waals surface area contributed by atoms with E-state index >= 15 is 0 Å². The fourth-order valence-electron chi connectivity index (χ4n) is 1.77. The van der Waals surface area contributed by atoms with Gasteiger partial charge in [-0.2, -0.15) is 0 Å². The number of thiophene rings is 1. The lowest BCUT2D eigenvalue weighted by Crippen LogP contribution is -2.19. The number of carbonyl (C=O) groups excluding carboxylic acids is 1. The largest absolute Gasteiger partial charge is 0.344 e. The molecule has 0 amide bonds. The number of aromatic nitrogens is 3. The summed E-state index contributed by atoms with van der Waals surface area (Å²) in [5.74, 6) is 0.367. The second kappa shape index (κ2) is 6.41. The van der Waals surface area contributed by atoms with E-state index in [4.69, 9.17) is 0 Å². The Hall–Kier alpha value is -1.34. The van der Waals surface area contributed by atoms with Crippen LogP contribution in [0.3, 0.4) is 0 Å². The molecule has 7 heteroatoms. The number of carbonyl (C=O) groups is 1. The molecule has 2 aromatic heterocycles. The number of Topliss-reactive ketones (excluding diaryl/α,β-unsaturated/α-hetero) is 1. The van der Waals surface area contributed by atoms with Crippen LogP contribution in [0.5, 0.6) is 0 Å². The van der Waals surface area contributed by atoms with Crippen LogP contribution in [-0.4, -0.2) is 26.3 Å². The fraction of sp³-hybridized carbons (Fsp3) is 0.462. The maximum absolute atomic E-state index is 12.1. The van der Waals surface area contributed by atoms with Crippen molar-refractivity contribution in [3.63, 3.8) is 0 Å². The molecule has 5 nitrogen and oxygen atoms in total. The van der Waals surface area contributed by atoms with Gasteiger partial charge in [-0.15, -0.1) is 16.4 Å². The highest BCUT2D eigenvalue weighted by Crippen LogP contribution is 2.22. The highest BCUT2D eigenvalue weighted by molar-refractivity contribution is 7.99. The second-order valence-electron chi connectivity index (χ2n) is 4.61. The monoisotopic (exact) mass is 311 g/mol. The minimum Gasteiger partial charge on any atom is -0.292 e. The first kappa shape index (κ1) is 15.1. The van der Waals surface area contributed by atoms with Gasteiger partial charge in [-0.3, -0.25) is 9.36 Å². The standard InChI is InChI=1S/C13H17N3O2S2/c1-4-9-5-6-11(20-9)10(17)7-19-13-15-14-12(18)16(13)8(2)3/h5-6,8H,4,7H2,1-3H3,(H,14,18). The number of nitrogens with zero attached hydrogens (tertiary/aromatic N) is 2. The summed E-state index contributed by atoms with van der Waals surface area (Å²) in [6.45, 7) is 5.89. The molecule has 0 radical (unpaired) electrons. The van der Waals surface area contributed by atoms with E-state index in [1.807, 2.05) is 26.0 Å². The fourth-order valence-corrected chi connectivity index (χ4v) is 3.70. The highest BCUT2D eigenvalue weighted by Gasteiger charge is 2.15. The zero-order valence-electron chi connectivity index (χ0n) is 11.7. The number of hydrogen-bond donors (Lipinski definition) is 1. The quantitative estimate of drug-likeness (QED) is 0.658. The van der Waals surface area contributed by atoms with E-state index in [-0.39, 0.29) is 17.5 Å². The molecule has 0 atom stereocenters. The van der Waals surface area contributed by atoms with E-state index in [1.165, 1.54) is 28.0 Å². The Kier molecular flexibility index (Phi) is 4.82. The average molecular weight is 311 g/mol. The Bertz CT molecular complexity index is 655. The zero-order chi connectivity index (χ0) is 14.7. The van der Waals surface area contributed by atoms with E-state index < -0.39 is 0 Å². The van der Waals surface area contributed by atoms with Gasteiger partial charge in [0.05, 0.1) is 10.6 Å². The minimum atomic E-state index is -0.237. The van der Waals surface area contributed by atoms with Crippen LogP contribution in [0.4, 0.5) is 0 Å². The lowest BCUT2D eigenvalue weighted by Gasteiger charge is -2.07. The van der Waals surface area contributed by atoms with Gasteiger partial charge >= 0.3 is 5.69 Å². The summed E-state index contributed by atoms with van der Waals surface area (Å²) in [5, 5.41) is 6.95. The van der Waals surface area contributed by atoms with Gasteiger partial charge in [0.2, 0.25) is 0 Å². The van der Waals surface area contributed by atoms with Gasteiger partial charge in [0.15, 0.2) is 10.9 Å². The van der Waals surface area contributed by atoms with Crippen LogP contribution in [0.25, 0.3) is 0 Å². The Morgan fingerprint density at radius 1 is 1.50 bits per heavy atom. The summed E-state index contributed by atoms with van der Waals surface area (Å²) < 4.78 is 1.56. The van der Waals surface area contributed by atoms with Crippen LogP contribution < -0.4 is 5.69 Å². The van der Waals surface area contributed by atoms with Crippen LogP contribution in [0.15, 0.2) is 22.1 Å². The number of aryl methyl sites for hydroxylation is 1. The van der Waals surface area contributed by atoms with Gasteiger partial charge in [-0.05, 0) is 32.4 Å². The van der Waals surface area contributed by atoms with Crippen molar-refractivity contribution in [2.24, 2.45) is 0 Å². The van der Waals surface area contributed by atoms with E-state index in [0.717, 1.165) is 11.3 Å². The molecule has 20 heavy (non-hydrogen) atoms. The number of H-pyrrole nitrogens is 1. The van der Waals surface area contributed by atoms with Crippen molar-refractivity contribution in [1.29, 1.82) is 0 Å². The third-order valence-corrected chi connectivity index (χ3v) is 5.03. The predicted octanol–water partition coefficient (Wildman–Crippen LogP) is 2.75. The predicted molar refractivity (Wildman–Crippen MR) is 82.0 cm³/mol. The van der Waals surface area contributed by atoms with Crippen LogP contribution in [0, 0.1) is 0 Å². The summed E-state index contributed by atoms with van der Waals surface area (Å²) in [7, 11) is 0. The molecule has 2 rings (SSSR count). The van der Waals surface area contributed by atoms with Crippen LogP contribution in [0.1, 0.15) is 41.4 Å². The van der Waals surface area contributed by atoms with Crippen LogP contribution in [0.2, 0.25) is 0 Å². The molecule has 0 bridgehead atoms. The molecular weight excluding hydrogens is 294 g/mol. The van der Waals surface area contributed by atoms with Crippen molar-refractivity contribution >= 4 is 28.9 Å². The van der Waals surface area contributed by atoms with Crippen LogP contribution in [-0.2, 0) is 6.42 Å². The lowest BCUT2D eigenvalue weighted by atomic mass is 10.3. The van der Waals surface area contributed by atoms with Crippen molar-refractivity contribution in [3.8, 4) is 0 Å². The average Bonchev–Trinajstić information content (AvgIpc) is 3.02. The Balaban J connectivity index is 2.05. The zero-order valence-corrected chi connectivity index (χ0v) is 13.3. The Labute approximate surface area is 125 Å². The maximum Gasteiger partial charge on any atom is 0.344 e. The topological polar surface area (TPSA) is 67.8 Å². The summed E-state index contributed by atoms with van der Waals surface area (Å²) in [5.41, 5.74) is -0.237. The minimum absolute atomic E-state index is 0.0206. The highest BCUT2D eigenvalue weighted by atomic mass is 32.2. The molecule has 108 valence electrons. The third-order valence-electron chi connectivity index (χ3n) is 2.81. The normalized spacial score (nSPS) is 11.2. The molecule has 0 saturated carbocycles. The molecule has 0 fully saturated rings. The molecule has 0 aromatic carbocycles. The first-order valence-corrected chi connectivity index (χ1v) is 8.24. The van der Waals surface area contributed by atoms with Crippen molar-refractivity contribution in [3.05, 3.63) is 32.4 Å². The number of ketones is 1. The molecule has 0 unspecified atom stereocenters. The van der Waals surface area contributed by atoms with Gasteiger partial charge in [-0.25, -0.2) is 9.89 Å². The first-order valence-electron chi connectivity index (χ1n) is 6.44. The van der Waals surface area contributed by atoms with E-state index in [9.17, 15) is 9.59 Å². The molecule has 0 saturated heterocycles. The van der Waals surface area contributed by atoms with Gasteiger partial charge < -0.3 is 0 Å². The second-order valence-corrected chi connectivity index (χ2v) is 6.72. The van der Waals surface area contributed by atoms with Crippen molar-refractivity contribution in [2.75, 3.05) is 5.75 Å². The Morgan fingerprint density at radius 3 is 2.85 bits per heavy atom. The lowest BCUT2D eigenvalue weighted by molar-refractivity contribution is 0.102. The molecule has 2 aromatic rings. The maximum atomic E-state index is 12.1. The molecule has 1 N–H and O–H groups in total. The molecule has 0 aliphatic carbocycles. The molecule has 0 aliphatic heterocycles. The summed E-state index contributed by atoms with van der Waals surface area (Å²) in [4.78, 5) is 25.7. The number of nitrogens with one attached hydrogen (secondary N) is 1. The molecule has 0 spiro atoms. The SMILES string of the molecule is CCc1ccc(C(=O)CSc2n[nH]c(=O)n2C(C)C)s1. The molecule has 2 heterocycles. The third kappa shape index (κ3) is 3.21. The van der Waals surface area contributed by atoms with E-state index in [0.29, 0.717) is 10.9 Å². The summed E-state index contributed by atoms with van der Waals surface area (Å²) >= 11 is 2.83. The van der Waals surface area contributed by atoms with Crippen molar-refractivity contribution in [2.45, 2.75) is 38.4 Å². The van der Waals surface area contributed by atoms with Crippen LogP contribution >= 0.6 is 23.1 Å². The van der Waals surface area contributed by atoms with E-state index in [1.54, 1.807) is 4.57 Å². The smallest absolute Gasteiger partial charge is 0.292 e. The van der Waals surface area contributed by atoms with Gasteiger partial charge in [0.1, 0.15) is 0 Å². The molecular formula is C13H17N3O2S2. The van der Waals surface area contributed by atoms with Crippen molar-refractivity contribution < 1.29 is 4.79 Å². The van der Waals surface area contributed by atoms with Gasteiger partial charge in [0, 0.05) is 10.9 Å². The number of hydrogen-bond acceptors (Lipinski definition) is 5. The number of thioether (sulfide) groups is 1. The first-order chi connectivity index (χ1) is 9.52. The van der Waals surface area contributed by atoms with Gasteiger partial charge in [0.25, 0.3) is 0 Å². The summed E-state index contributed by atoms with van der Waals surface area (Å²) in [6.07, 6.45) is 0.942. The Morgan fingerprint density at radius 2 is 2.25 bits per heavy atom. The number of aromatic amines is 1.